The van der Waals surface area contributed by atoms with Crippen molar-refractivity contribution in [3.63, 3.8) is 0 Å². The van der Waals surface area contributed by atoms with Gasteiger partial charge >= 0.3 is 5.51 Å². The van der Waals surface area contributed by atoms with Crippen molar-refractivity contribution in [2.75, 3.05) is 11.9 Å². The number of nitrogens with one attached hydrogen (secondary N) is 2. The third-order valence-electron chi connectivity index (χ3n) is 4.91. The molecule has 0 aliphatic carbocycles. The first kappa shape index (κ1) is 23.3. The lowest BCUT2D eigenvalue weighted by Crippen LogP contribution is -2.23. The molecule has 1 amide bonds. The van der Waals surface area contributed by atoms with E-state index in [1.165, 1.54) is 12.1 Å². The van der Waals surface area contributed by atoms with Crippen molar-refractivity contribution < 1.29 is 31.1 Å². The van der Waals surface area contributed by atoms with Crippen LogP contribution in [-0.4, -0.2) is 36.4 Å². The van der Waals surface area contributed by atoms with Crippen LogP contribution in [0.25, 0.3) is 22.4 Å². The van der Waals surface area contributed by atoms with E-state index in [-0.39, 0.29) is 11.3 Å². The van der Waals surface area contributed by atoms with Crippen LogP contribution in [0.4, 0.5) is 18.9 Å². The molecule has 2 N–H and O–H groups in total. The number of amides is 1. The maximum atomic E-state index is 12.9. The number of aromatic nitrogens is 2. The number of halogens is 3. The summed E-state index contributed by atoms with van der Waals surface area (Å²) in [5.74, 6) is 0.415. The minimum atomic E-state index is -5.55. The number of hydrogen-bond acceptors (Lipinski definition) is 5. The molecular formula is C23H18F3N3O4S. The molecule has 7 nitrogen and oxygen atoms in total. The Morgan fingerprint density at radius 2 is 1.79 bits per heavy atom. The molecule has 0 atom stereocenters. The fraction of sp³-hybridized carbons (Fsp3) is 0.130. The van der Waals surface area contributed by atoms with E-state index in [9.17, 15) is 26.4 Å². The summed E-state index contributed by atoms with van der Waals surface area (Å²) >= 11 is 0. The molecule has 11 heteroatoms. The fourth-order valence-electron chi connectivity index (χ4n) is 3.36. The Morgan fingerprint density at radius 1 is 1.06 bits per heavy atom. The van der Waals surface area contributed by atoms with Crippen LogP contribution in [0.1, 0.15) is 17.3 Å². The molecule has 1 aromatic heterocycles. The highest BCUT2D eigenvalue weighted by atomic mass is 32.2. The predicted octanol–water partition coefficient (Wildman–Crippen LogP) is 5.17. The highest BCUT2D eigenvalue weighted by Gasteiger charge is 2.46. The van der Waals surface area contributed by atoms with Crippen LogP contribution in [-0.2, 0) is 9.84 Å². The van der Waals surface area contributed by atoms with E-state index in [2.05, 4.69) is 15.3 Å². The van der Waals surface area contributed by atoms with Gasteiger partial charge < -0.3 is 15.0 Å². The zero-order valence-electron chi connectivity index (χ0n) is 17.7. The van der Waals surface area contributed by atoms with Gasteiger partial charge in [0.25, 0.3) is 15.7 Å². The molecule has 0 aliphatic rings. The second-order valence-corrected chi connectivity index (χ2v) is 9.09. The summed E-state index contributed by atoms with van der Waals surface area (Å²) in [5.41, 5.74) is -3.83. The smallest absolute Gasteiger partial charge is 0.493 e. The van der Waals surface area contributed by atoms with Gasteiger partial charge in [0.05, 0.1) is 28.1 Å². The topological polar surface area (TPSA) is 101 Å². The van der Waals surface area contributed by atoms with Crippen molar-refractivity contribution >= 4 is 32.5 Å². The zero-order chi connectivity index (χ0) is 24.5. The van der Waals surface area contributed by atoms with Crippen molar-refractivity contribution in [1.29, 1.82) is 0 Å². The third-order valence-corrected chi connectivity index (χ3v) is 6.39. The maximum Gasteiger partial charge on any atom is 0.501 e. The molecule has 0 radical (unpaired) electrons. The van der Waals surface area contributed by atoms with E-state index < -0.39 is 26.1 Å². The van der Waals surface area contributed by atoms with E-state index in [1.54, 1.807) is 18.2 Å². The summed E-state index contributed by atoms with van der Waals surface area (Å²) < 4.78 is 67.6. The van der Waals surface area contributed by atoms with Gasteiger partial charge in [-0.2, -0.15) is 13.2 Å². The average molecular weight is 489 g/mol. The minimum absolute atomic E-state index is 0.107. The van der Waals surface area contributed by atoms with E-state index in [1.807, 2.05) is 25.1 Å². The van der Waals surface area contributed by atoms with Gasteiger partial charge in [0.1, 0.15) is 17.1 Å². The molecule has 34 heavy (non-hydrogen) atoms. The fourth-order valence-corrected chi connectivity index (χ4v) is 4.17. The number of hydrogen-bond donors (Lipinski definition) is 2. The van der Waals surface area contributed by atoms with Gasteiger partial charge in [-0.25, -0.2) is 13.4 Å². The summed E-state index contributed by atoms with van der Waals surface area (Å²) in [6.45, 7) is 2.31. The molecule has 4 rings (SSSR count). The number of nitrogens with zero attached hydrogens (tertiary/aromatic N) is 1. The predicted molar refractivity (Wildman–Crippen MR) is 120 cm³/mol. The van der Waals surface area contributed by atoms with Gasteiger partial charge in [0.15, 0.2) is 0 Å². The van der Waals surface area contributed by atoms with Crippen molar-refractivity contribution in [3.8, 4) is 17.1 Å². The number of aromatic amines is 1. The molecule has 0 unspecified atom stereocenters. The lowest BCUT2D eigenvalue weighted by Gasteiger charge is -2.10. The molecule has 0 saturated heterocycles. The Labute approximate surface area is 192 Å². The summed E-state index contributed by atoms with van der Waals surface area (Å²) in [6, 6.07) is 16.1. The summed E-state index contributed by atoms with van der Waals surface area (Å²) in [6.07, 6.45) is 0. The number of rotatable bonds is 6. The van der Waals surface area contributed by atoms with Crippen LogP contribution in [0.3, 0.4) is 0 Å². The van der Waals surface area contributed by atoms with Gasteiger partial charge in [0.2, 0.25) is 0 Å². The molecule has 0 fully saturated rings. The Balaban J connectivity index is 1.68. The van der Waals surface area contributed by atoms with Gasteiger partial charge in [0, 0.05) is 5.69 Å². The number of alkyl halides is 3. The van der Waals surface area contributed by atoms with Gasteiger partial charge in [-0.05, 0) is 49.4 Å². The third kappa shape index (κ3) is 4.34. The van der Waals surface area contributed by atoms with E-state index in [0.29, 0.717) is 34.8 Å². The lowest BCUT2D eigenvalue weighted by atomic mass is 10.1. The SMILES string of the molecule is CCOc1ccccc1-c1nc2c(C(=O)Nc3cccc(S(=O)(=O)C(F)(F)F)c3)cccc2[nH]1. The molecule has 0 spiro atoms. The molecular weight excluding hydrogens is 471 g/mol. The van der Waals surface area contributed by atoms with Crippen LogP contribution < -0.4 is 10.1 Å². The van der Waals surface area contributed by atoms with Crippen LogP contribution in [0.5, 0.6) is 5.75 Å². The van der Waals surface area contributed by atoms with Crippen LogP contribution in [0, 0.1) is 0 Å². The second kappa shape index (κ2) is 8.82. The quantitative estimate of drug-likeness (QED) is 0.389. The molecule has 0 bridgehead atoms. The second-order valence-electron chi connectivity index (χ2n) is 7.15. The van der Waals surface area contributed by atoms with Gasteiger partial charge in [-0.15, -0.1) is 0 Å². The molecule has 3 aromatic carbocycles. The van der Waals surface area contributed by atoms with E-state index in [4.69, 9.17) is 4.74 Å². The average Bonchev–Trinajstić information content (AvgIpc) is 3.23. The Bertz CT molecular complexity index is 1480. The number of H-pyrrole nitrogens is 1. The Morgan fingerprint density at radius 3 is 2.53 bits per heavy atom. The van der Waals surface area contributed by atoms with Crippen molar-refractivity contribution in [3.05, 3.63) is 72.3 Å². The number of ether oxygens (including phenoxy) is 1. The standard InChI is InChI=1S/C23H18F3N3O4S/c1-2-33-19-12-4-3-9-16(19)21-28-18-11-6-10-17(20(18)29-21)22(30)27-14-7-5-8-15(13-14)34(31,32)23(24,25)26/h3-13H,2H2,1H3,(H,27,30)(H,28,29). The number of benzene rings is 3. The van der Waals surface area contributed by atoms with Crippen molar-refractivity contribution in [2.45, 2.75) is 17.3 Å². The number of anilines is 1. The van der Waals surface area contributed by atoms with Crippen molar-refractivity contribution in [1.82, 2.24) is 9.97 Å². The number of sulfone groups is 1. The Hall–Kier alpha value is -3.86. The molecule has 1 heterocycles. The number of para-hydroxylation sites is 2. The molecule has 0 saturated carbocycles. The van der Waals surface area contributed by atoms with E-state index >= 15 is 0 Å². The molecule has 0 aliphatic heterocycles. The van der Waals surface area contributed by atoms with Crippen LogP contribution in [0.2, 0.25) is 0 Å². The Kier molecular flexibility index (Phi) is 6.05. The summed E-state index contributed by atoms with van der Waals surface area (Å²) in [5, 5.41) is 2.45. The number of fused-ring (bicyclic) bond motifs is 1. The highest BCUT2D eigenvalue weighted by molar-refractivity contribution is 7.92. The minimum Gasteiger partial charge on any atom is -0.493 e. The van der Waals surface area contributed by atoms with Gasteiger partial charge in [-0.1, -0.05) is 24.3 Å². The van der Waals surface area contributed by atoms with Gasteiger partial charge in [-0.3, -0.25) is 4.79 Å². The first-order chi connectivity index (χ1) is 16.1. The number of carbonyl (C=O) groups is 1. The molecule has 4 aromatic rings. The first-order valence-corrected chi connectivity index (χ1v) is 11.5. The largest absolute Gasteiger partial charge is 0.501 e. The maximum absolute atomic E-state index is 12.9. The summed E-state index contributed by atoms with van der Waals surface area (Å²) in [4.78, 5) is 19.6. The molecule has 176 valence electrons. The number of imidazole rings is 1. The summed E-state index contributed by atoms with van der Waals surface area (Å²) in [7, 11) is -5.55. The van der Waals surface area contributed by atoms with Crippen LogP contribution >= 0.6 is 0 Å². The lowest BCUT2D eigenvalue weighted by molar-refractivity contribution is -0.0436. The van der Waals surface area contributed by atoms with E-state index in [0.717, 1.165) is 18.2 Å². The normalized spacial score (nSPS) is 12.0. The van der Waals surface area contributed by atoms with Crippen molar-refractivity contribution in [2.24, 2.45) is 0 Å². The first-order valence-electron chi connectivity index (χ1n) is 10.1. The highest BCUT2D eigenvalue weighted by Crippen LogP contribution is 2.32. The number of carbonyl (C=O) groups excluding carboxylic acids is 1. The van der Waals surface area contributed by atoms with Crippen LogP contribution in [0.15, 0.2) is 71.6 Å². The monoisotopic (exact) mass is 489 g/mol. The zero-order valence-corrected chi connectivity index (χ0v) is 18.5.